The molecule has 0 aliphatic carbocycles. The first-order valence-corrected chi connectivity index (χ1v) is 10.4. The quantitative estimate of drug-likeness (QED) is 0.164. The number of carboxylic acid groups (broad SMARTS) is 1. The van der Waals surface area contributed by atoms with Gasteiger partial charge in [0.25, 0.3) is 0 Å². The SMILES string of the molecule is CCCCCCCC/C=C\CCCCCCCC(=O)N[C@@H](CO)C(=O)O.[Sr]. The second-order valence-corrected chi connectivity index (χ2v) is 6.98. The van der Waals surface area contributed by atoms with Gasteiger partial charge in [-0.2, -0.15) is 0 Å². The van der Waals surface area contributed by atoms with Crippen LogP contribution in [0.3, 0.4) is 0 Å². The molecule has 3 N–H and O–H groups in total. The first-order valence-electron chi connectivity index (χ1n) is 10.4. The van der Waals surface area contributed by atoms with E-state index in [1.165, 1.54) is 51.4 Å². The Labute approximate surface area is 202 Å². The van der Waals surface area contributed by atoms with Gasteiger partial charge in [-0.1, -0.05) is 70.4 Å². The van der Waals surface area contributed by atoms with Crippen molar-refractivity contribution in [2.75, 3.05) is 6.61 Å². The molecule has 27 heavy (non-hydrogen) atoms. The van der Waals surface area contributed by atoms with E-state index in [9.17, 15) is 9.59 Å². The maximum absolute atomic E-state index is 11.6. The molecular weight excluding hydrogens is 418 g/mol. The van der Waals surface area contributed by atoms with Crippen LogP contribution in [0.15, 0.2) is 12.2 Å². The van der Waals surface area contributed by atoms with E-state index in [0.29, 0.717) is 6.42 Å². The minimum absolute atomic E-state index is 0. The number of aliphatic hydroxyl groups is 1. The molecule has 0 heterocycles. The molecule has 154 valence electrons. The second kappa shape index (κ2) is 22.4. The molecule has 0 spiro atoms. The monoisotopic (exact) mass is 457 g/mol. The first-order chi connectivity index (χ1) is 12.6. The Balaban J connectivity index is 0. The molecule has 0 saturated carbocycles. The molecule has 2 radical (unpaired) electrons. The van der Waals surface area contributed by atoms with Crippen molar-refractivity contribution < 1.29 is 19.8 Å². The van der Waals surface area contributed by atoms with Crippen molar-refractivity contribution >= 4 is 57.4 Å². The van der Waals surface area contributed by atoms with Gasteiger partial charge in [-0.05, 0) is 32.1 Å². The Morgan fingerprint density at radius 1 is 0.852 bits per heavy atom. The number of nitrogens with one attached hydrogen (secondary N) is 1. The average Bonchev–Trinajstić information content (AvgIpc) is 2.62. The minimum Gasteiger partial charge on any atom is -0.480 e. The van der Waals surface area contributed by atoms with Crippen LogP contribution in [-0.2, 0) is 9.59 Å². The molecule has 0 bridgehead atoms. The van der Waals surface area contributed by atoms with Crippen LogP contribution in [0.4, 0.5) is 0 Å². The molecule has 0 aromatic carbocycles. The minimum atomic E-state index is -1.20. The van der Waals surface area contributed by atoms with Gasteiger partial charge in [0.2, 0.25) is 5.91 Å². The second-order valence-electron chi connectivity index (χ2n) is 6.98. The molecule has 6 heteroatoms. The number of rotatable bonds is 18. The third kappa shape index (κ3) is 20.7. The summed E-state index contributed by atoms with van der Waals surface area (Å²) in [7, 11) is 0. The molecule has 5 nitrogen and oxygen atoms in total. The molecule has 0 fully saturated rings. The van der Waals surface area contributed by atoms with Gasteiger partial charge >= 0.3 is 5.97 Å². The van der Waals surface area contributed by atoms with Crippen LogP contribution in [0.2, 0.25) is 0 Å². The summed E-state index contributed by atoms with van der Waals surface area (Å²) in [6.45, 7) is 1.67. The fourth-order valence-electron chi connectivity index (χ4n) is 2.81. The molecule has 0 aliphatic heterocycles. The van der Waals surface area contributed by atoms with Gasteiger partial charge in [0, 0.05) is 51.9 Å². The standard InChI is InChI=1S/C21H39NO4.Sr/c1-2-3-4-5-6-7-8-9-10-11-12-13-14-15-16-17-20(24)22-19(18-23)21(25)26;/h9-10,19,23H,2-8,11-18H2,1H3,(H,22,24)(H,25,26);/b10-9-;/t19-;/m0./s1. The van der Waals surface area contributed by atoms with Crippen molar-refractivity contribution in [1.29, 1.82) is 0 Å². The fourth-order valence-corrected chi connectivity index (χ4v) is 2.81. The van der Waals surface area contributed by atoms with Crippen molar-refractivity contribution in [3.63, 3.8) is 0 Å². The van der Waals surface area contributed by atoms with Crippen molar-refractivity contribution in [2.45, 2.75) is 103 Å². The number of hydrogen-bond acceptors (Lipinski definition) is 3. The van der Waals surface area contributed by atoms with Crippen LogP contribution >= 0.6 is 0 Å². The molecule has 0 saturated heterocycles. The number of carbonyl (C=O) groups is 2. The number of aliphatic carboxylic acids is 1. The number of amides is 1. The number of carboxylic acids is 1. The fraction of sp³-hybridized carbons (Fsp3) is 0.810. The molecule has 1 atom stereocenters. The van der Waals surface area contributed by atoms with Gasteiger partial charge in [-0.25, -0.2) is 4.79 Å². The number of carbonyl (C=O) groups excluding carboxylic acids is 1. The summed E-state index contributed by atoms with van der Waals surface area (Å²) >= 11 is 0. The van der Waals surface area contributed by atoms with Crippen LogP contribution in [0, 0.1) is 0 Å². The average molecular weight is 457 g/mol. The van der Waals surface area contributed by atoms with E-state index in [2.05, 4.69) is 24.4 Å². The summed E-state index contributed by atoms with van der Waals surface area (Å²) < 4.78 is 0. The van der Waals surface area contributed by atoms with Crippen LogP contribution in [0.5, 0.6) is 0 Å². The molecular formula is C21H39NO4Sr. The van der Waals surface area contributed by atoms with Crippen molar-refractivity contribution in [1.82, 2.24) is 5.32 Å². The summed E-state index contributed by atoms with van der Waals surface area (Å²) in [5.74, 6) is -1.51. The van der Waals surface area contributed by atoms with Gasteiger partial charge in [0.1, 0.15) is 6.04 Å². The summed E-state index contributed by atoms with van der Waals surface area (Å²) in [5.41, 5.74) is 0. The molecule has 0 unspecified atom stereocenters. The molecule has 1 amide bonds. The summed E-state index contributed by atoms with van der Waals surface area (Å²) in [6, 6.07) is -1.19. The van der Waals surface area contributed by atoms with E-state index in [1.54, 1.807) is 0 Å². The normalized spacial score (nSPS) is 11.9. The van der Waals surface area contributed by atoms with E-state index in [-0.39, 0.29) is 51.4 Å². The van der Waals surface area contributed by atoms with Gasteiger partial charge in [0.05, 0.1) is 6.61 Å². The summed E-state index contributed by atoms with van der Waals surface area (Å²) in [6.07, 6.45) is 20.5. The van der Waals surface area contributed by atoms with E-state index in [0.717, 1.165) is 32.1 Å². The maximum atomic E-state index is 11.6. The van der Waals surface area contributed by atoms with Gasteiger partial charge < -0.3 is 15.5 Å². The first kappa shape index (κ1) is 29.3. The Hall–Kier alpha value is 0.121. The van der Waals surface area contributed by atoms with E-state index in [1.807, 2.05) is 0 Å². The molecule has 0 aliphatic rings. The number of allylic oxidation sites excluding steroid dienone is 2. The van der Waals surface area contributed by atoms with Gasteiger partial charge in [-0.3, -0.25) is 4.79 Å². The Bertz CT molecular complexity index is 388. The van der Waals surface area contributed by atoms with E-state index >= 15 is 0 Å². The van der Waals surface area contributed by atoms with Crippen molar-refractivity contribution in [3.8, 4) is 0 Å². The number of aliphatic hydroxyl groups excluding tert-OH is 1. The van der Waals surface area contributed by atoms with Crippen molar-refractivity contribution in [3.05, 3.63) is 12.2 Å². The van der Waals surface area contributed by atoms with Crippen LogP contribution in [0.1, 0.15) is 96.8 Å². The zero-order chi connectivity index (χ0) is 19.5. The van der Waals surface area contributed by atoms with E-state index < -0.39 is 18.6 Å². The molecule has 0 rings (SSSR count). The summed E-state index contributed by atoms with van der Waals surface area (Å²) in [4.78, 5) is 22.3. The van der Waals surface area contributed by atoms with Crippen molar-refractivity contribution in [2.24, 2.45) is 0 Å². The predicted octanol–water partition coefficient (Wildman–Crippen LogP) is 4.20. The Morgan fingerprint density at radius 3 is 1.81 bits per heavy atom. The van der Waals surface area contributed by atoms with E-state index in [4.69, 9.17) is 10.2 Å². The van der Waals surface area contributed by atoms with Gasteiger partial charge in [-0.15, -0.1) is 0 Å². The summed E-state index contributed by atoms with van der Waals surface area (Å²) in [5, 5.41) is 19.9. The number of unbranched alkanes of at least 4 members (excludes halogenated alkanes) is 11. The largest absolute Gasteiger partial charge is 0.480 e. The Morgan fingerprint density at radius 2 is 1.33 bits per heavy atom. The molecule has 0 aromatic heterocycles. The third-order valence-corrected chi connectivity index (χ3v) is 4.48. The Kier molecular flexibility index (Phi) is 24.3. The van der Waals surface area contributed by atoms with Gasteiger partial charge in [0.15, 0.2) is 0 Å². The number of hydrogen-bond donors (Lipinski definition) is 3. The van der Waals surface area contributed by atoms with Crippen LogP contribution in [0.25, 0.3) is 0 Å². The maximum Gasteiger partial charge on any atom is 0.328 e. The van der Waals surface area contributed by atoms with Crippen LogP contribution in [-0.4, -0.2) is 80.2 Å². The zero-order valence-electron chi connectivity index (χ0n) is 17.3. The van der Waals surface area contributed by atoms with Crippen LogP contribution < -0.4 is 5.32 Å². The predicted molar refractivity (Wildman–Crippen MR) is 112 cm³/mol. The molecule has 0 aromatic rings. The zero-order valence-corrected chi connectivity index (χ0v) is 20.7. The topological polar surface area (TPSA) is 86.6 Å². The smallest absolute Gasteiger partial charge is 0.328 e. The third-order valence-electron chi connectivity index (χ3n) is 4.48.